The third kappa shape index (κ3) is 17.8. The van der Waals surface area contributed by atoms with Gasteiger partial charge >= 0.3 is 0 Å². The summed E-state index contributed by atoms with van der Waals surface area (Å²) < 4.78 is 0. The number of carbonyl (C=O) groups is 7. The van der Waals surface area contributed by atoms with E-state index in [4.69, 9.17) is 22.9 Å². The number of benzene rings is 1. The minimum atomic E-state index is -1.44. The Morgan fingerprint density at radius 1 is 0.686 bits per heavy atom. The predicted octanol–water partition coefficient (Wildman–Crippen LogP) is -3.92. The van der Waals surface area contributed by atoms with E-state index in [-0.39, 0.29) is 50.3 Å². The van der Waals surface area contributed by atoms with Gasteiger partial charge in [0.25, 0.3) is 0 Å². The van der Waals surface area contributed by atoms with E-state index >= 15 is 0 Å². The summed E-state index contributed by atoms with van der Waals surface area (Å²) in [7, 11) is 0. The van der Waals surface area contributed by atoms with Crippen molar-refractivity contribution in [2.24, 2.45) is 22.9 Å². The molecule has 0 aromatic heterocycles. The lowest BCUT2D eigenvalue weighted by atomic mass is 10.0. The Balaban J connectivity index is 2.66. The largest absolute Gasteiger partial charge is 0.394 e. The number of nitrogens with one attached hydrogen (secondary N) is 5. The second kappa shape index (κ2) is 24.6. The van der Waals surface area contributed by atoms with Gasteiger partial charge in [0.15, 0.2) is 0 Å². The van der Waals surface area contributed by atoms with Crippen LogP contribution in [0.1, 0.15) is 63.9 Å². The normalized spacial score (nSPS) is 14.5. The average Bonchev–Trinajstić information content (AvgIpc) is 3.09. The van der Waals surface area contributed by atoms with E-state index in [0.29, 0.717) is 37.8 Å². The van der Waals surface area contributed by atoms with Gasteiger partial charge in [-0.1, -0.05) is 30.3 Å². The third-order valence-corrected chi connectivity index (χ3v) is 8.02. The molecule has 51 heavy (non-hydrogen) atoms. The highest BCUT2D eigenvalue weighted by atomic mass is 16.3. The second-order valence-corrected chi connectivity index (χ2v) is 12.2. The number of ketones is 1. The maximum Gasteiger partial charge on any atom is 0.245 e. The average molecular weight is 722 g/mol. The topological polar surface area (TPSA) is 324 Å². The third-order valence-electron chi connectivity index (χ3n) is 8.02. The van der Waals surface area contributed by atoms with Crippen molar-refractivity contribution >= 4 is 41.2 Å². The quantitative estimate of drug-likeness (QED) is 0.0388. The molecule has 0 aliphatic carbocycles. The van der Waals surface area contributed by atoms with Crippen LogP contribution in [0.4, 0.5) is 0 Å². The van der Waals surface area contributed by atoms with Crippen molar-refractivity contribution in [3.63, 3.8) is 0 Å². The molecular weight excluding hydrogens is 666 g/mol. The van der Waals surface area contributed by atoms with Gasteiger partial charge in [0.05, 0.1) is 25.3 Å². The first-order chi connectivity index (χ1) is 24.2. The molecule has 0 heterocycles. The molecule has 286 valence electrons. The summed E-state index contributed by atoms with van der Waals surface area (Å²) in [6.45, 7) is 0.562. The highest BCUT2D eigenvalue weighted by molar-refractivity contribution is 5.94. The van der Waals surface area contributed by atoms with E-state index in [1.54, 1.807) is 30.3 Å². The highest BCUT2D eigenvalue weighted by Crippen LogP contribution is 2.07. The van der Waals surface area contributed by atoms with Crippen molar-refractivity contribution in [1.82, 2.24) is 26.6 Å². The molecule has 2 unspecified atom stereocenters. The lowest BCUT2D eigenvalue weighted by Gasteiger charge is -2.25. The van der Waals surface area contributed by atoms with Crippen LogP contribution in [0, 0.1) is 0 Å². The smallest absolute Gasteiger partial charge is 0.245 e. The lowest BCUT2D eigenvalue weighted by molar-refractivity contribution is -0.134. The summed E-state index contributed by atoms with van der Waals surface area (Å²) >= 11 is 0. The van der Waals surface area contributed by atoms with E-state index < -0.39 is 79.0 Å². The first kappa shape index (κ1) is 44.5. The maximum atomic E-state index is 13.3. The zero-order valence-corrected chi connectivity index (χ0v) is 29.1. The van der Waals surface area contributed by atoms with E-state index in [9.17, 15) is 43.8 Å². The Morgan fingerprint density at radius 2 is 1.25 bits per heavy atom. The van der Waals surface area contributed by atoms with Crippen molar-refractivity contribution in [2.75, 3.05) is 26.3 Å². The number of primary amides is 2. The Labute approximate surface area is 297 Å². The Kier molecular flexibility index (Phi) is 21.5. The molecule has 0 radical (unpaired) electrons. The van der Waals surface area contributed by atoms with E-state index in [1.807, 2.05) is 0 Å². The molecule has 6 atom stereocenters. The first-order valence-electron chi connectivity index (χ1n) is 17.0. The van der Waals surface area contributed by atoms with Crippen molar-refractivity contribution in [1.29, 1.82) is 0 Å². The second-order valence-electron chi connectivity index (χ2n) is 12.2. The summed E-state index contributed by atoms with van der Waals surface area (Å²) in [5.74, 6) is -4.48. The van der Waals surface area contributed by atoms with Gasteiger partial charge in [0, 0.05) is 19.4 Å². The number of Topliss-reactive ketones (excluding diaryl/α,β-unsaturated/α-hetero) is 1. The zero-order valence-electron chi connectivity index (χ0n) is 29.1. The molecule has 0 fully saturated rings. The van der Waals surface area contributed by atoms with Crippen LogP contribution in [0.25, 0.3) is 0 Å². The van der Waals surface area contributed by atoms with Crippen LogP contribution in [-0.2, 0) is 40.0 Å². The monoisotopic (exact) mass is 721 g/mol. The molecular formula is C33H55N9O9. The number of nitrogens with two attached hydrogens (primary N) is 4. The minimum Gasteiger partial charge on any atom is -0.394 e. The molecule has 1 rings (SSSR count). The molecule has 1 aromatic rings. The van der Waals surface area contributed by atoms with Crippen molar-refractivity contribution in [3.8, 4) is 0 Å². The van der Waals surface area contributed by atoms with Gasteiger partial charge in [-0.15, -0.1) is 0 Å². The van der Waals surface area contributed by atoms with Crippen molar-refractivity contribution in [2.45, 2.75) is 101 Å². The molecule has 0 aliphatic rings. The van der Waals surface area contributed by atoms with Gasteiger partial charge in [-0.2, -0.15) is 0 Å². The summed E-state index contributed by atoms with van der Waals surface area (Å²) in [5.41, 5.74) is 22.9. The number of hydrogen-bond acceptors (Lipinski definition) is 12. The minimum absolute atomic E-state index is 0.0327. The van der Waals surface area contributed by atoms with Gasteiger partial charge < -0.3 is 54.4 Å². The van der Waals surface area contributed by atoms with Gasteiger partial charge in [0.2, 0.25) is 35.4 Å². The summed E-state index contributed by atoms with van der Waals surface area (Å²) in [4.78, 5) is 86.6. The van der Waals surface area contributed by atoms with Crippen molar-refractivity contribution in [3.05, 3.63) is 35.9 Å². The molecule has 0 spiro atoms. The number of carbonyl (C=O) groups excluding carboxylic acids is 7. The van der Waals surface area contributed by atoms with Crippen LogP contribution in [0.5, 0.6) is 0 Å². The fourth-order valence-electron chi connectivity index (χ4n) is 4.94. The summed E-state index contributed by atoms with van der Waals surface area (Å²) in [5, 5.41) is 32.0. The molecule has 18 nitrogen and oxygen atoms in total. The molecule has 1 aromatic carbocycles. The van der Waals surface area contributed by atoms with E-state index in [0.717, 1.165) is 0 Å². The number of aliphatic hydroxyl groups is 2. The van der Waals surface area contributed by atoms with Crippen LogP contribution < -0.4 is 49.5 Å². The molecule has 15 N–H and O–H groups in total. The molecule has 0 aliphatic heterocycles. The van der Waals surface area contributed by atoms with Gasteiger partial charge in [-0.3, -0.25) is 38.9 Å². The first-order valence-corrected chi connectivity index (χ1v) is 17.0. The number of amides is 6. The lowest BCUT2D eigenvalue weighted by Crippen LogP contribution is -2.58. The van der Waals surface area contributed by atoms with Gasteiger partial charge in [-0.05, 0) is 64.0 Å². The fourth-order valence-corrected chi connectivity index (χ4v) is 4.94. The molecule has 0 saturated heterocycles. The molecule has 0 saturated carbocycles. The SMILES string of the molecule is CC(=O)C(CCC(=O)NCCCCC(N)C(=O)N[C@@H](CO)C(=O)N[C@@H](Cc1ccccc1)C(=O)N[C@@H](CCCCN)C(N)=O)N[C@@H](CO)C(N)=O. The predicted molar refractivity (Wildman–Crippen MR) is 187 cm³/mol. The standard InChI is InChI=1S/C33H55N9O9/c1-20(45)23(39-26(18-43)30(37)48)13-14-28(46)38-16-8-6-11-22(35)31(49)42-27(19-44)33(51)41-25(17-21-9-3-2-4-10-21)32(50)40-24(29(36)47)12-5-7-15-34/h2-4,9-10,22-27,39,43-44H,5-8,11-19,34-35H2,1H3,(H2,36,47)(H2,37,48)(H,38,46)(H,40,50)(H,41,51)(H,42,49)/t22?,23?,24-,25-,26-,27-/m0/s1. The van der Waals surface area contributed by atoms with Crippen LogP contribution in [0.2, 0.25) is 0 Å². The zero-order chi connectivity index (χ0) is 38.3. The number of hydrogen-bond donors (Lipinski definition) is 11. The number of unbranched alkanes of at least 4 members (excludes halogenated alkanes) is 2. The fraction of sp³-hybridized carbons (Fsp3) is 0.606. The van der Waals surface area contributed by atoms with Crippen LogP contribution in [0.15, 0.2) is 30.3 Å². The van der Waals surface area contributed by atoms with Crippen LogP contribution in [-0.4, -0.2) is 114 Å². The molecule has 18 heteroatoms. The van der Waals surface area contributed by atoms with Crippen molar-refractivity contribution < 1.29 is 43.8 Å². The van der Waals surface area contributed by atoms with E-state index in [2.05, 4.69) is 26.6 Å². The Hall–Kier alpha value is -4.49. The molecule has 6 amide bonds. The Bertz CT molecular complexity index is 1290. The molecule has 0 bridgehead atoms. The van der Waals surface area contributed by atoms with Gasteiger partial charge in [-0.25, -0.2) is 0 Å². The maximum absolute atomic E-state index is 13.3. The van der Waals surface area contributed by atoms with Crippen LogP contribution in [0.3, 0.4) is 0 Å². The Morgan fingerprint density at radius 3 is 1.82 bits per heavy atom. The van der Waals surface area contributed by atoms with Crippen LogP contribution >= 0.6 is 0 Å². The summed E-state index contributed by atoms with van der Waals surface area (Å²) in [6.07, 6.45) is 2.58. The number of rotatable bonds is 27. The van der Waals surface area contributed by atoms with Gasteiger partial charge in [0.1, 0.15) is 30.0 Å². The highest BCUT2D eigenvalue weighted by Gasteiger charge is 2.30. The summed E-state index contributed by atoms with van der Waals surface area (Å²) in [6, 6.07) is 2.17. The number of aliphatic hydroxyl groups excluding tert-OH is 2. The van der Waals surface area contributed by atoms with E-state index in [1.165, 1.54) is 6.92 Å².